The Kier molecular flexibility index (Phi) is 6.90. The van der Waals surface area contributed by atoms with E-state index >= 15 is 0 Å². The second kappa shape index (κ2) is 9.99. The molecule has 0 radical (unpaired) electrons. The summed E-state index contributed by atoms with van der Waals surface area (Å²) in [6.07, 6.45) is 1.70. The van der Waals surface area contributed by atoms with E-state index in [0.29, 0.717) is 30.6 Å². The number of rotatable bonds is 7. The first kappa shape index (κ1) is 22.1. The van der Waals surface area contributed by atoms with E-state index < -0.39 is 5.97 Å². The van der Waals surface area contributed by atoms with Gasteiger partial charge in [-0.05, 0) is 77.9 Å². The van der Waals surface area contributed by atoms with Crippen LogP contribution in [0.5, 0.6) is 11.5 Å². The summed E-state index contributed by atoms with van der Waals surface area (Å²) in [6.45, 7) is 4.86. The summed E-state index contributed by atoms with van der Waals surface area (Å²) < 4.78 is 18.1. The number of halogens is 1. The zero-order valence-electron chi connectivity index (χ0n) is 17.8. The molecule has 6 heteroatoms. The molecule has 0 atom stereocenters. The highest BCUT2D eigenvalue weighted by atomic mass is 127. The van der Waals surface area contributed by atoms with E-state index in [9.17, 15) is 4.79 Å². The third-order valence-electron chi connectivity index (χ3n) is 4.78. The molecule has 0 saturated carbocycles. The minimum atomic E-state index is -0.474. The number of carbonyl (C=O) groups excluding carboxylic acids is 1. The number of aryl methyl sites for hydroxylation is 1. The minimum Gasteiger partial charge on any atom is -0.490 e. The fourth-order valence-electron chi connectivity index (χ4n) is 3.19. The van der Waals surface area contributed by atoms with Gasteiger partial charge in [-0.15, -0.1) is 0 Å². The van der Waals surface area contributed by atoms with Gasteiger partial charge in [-0.3, -0.25) is 0 Å². The Morgan fingerprint density at radius 2 is 1.78 bits per heavy atom. The molecule has 1 aliphatic heterocycles. The molecule has 3 aromatic rings. The molecule has 32 heavy (non-hydrogen) atoms. The standard InChI is InChI=1S/C26H22INO4/c1-3-30-23-15-19(13-21(27)24(23)31-16-18-7-5-4-6-8-18)14-22-26(29)32-25(28-22)20-11-9-17(2)10-12-20/h4-15H,3,16H2,1-2H3/b22-14-. The van der Waals surface area contributed by atoms with Crippen molar-refractivity contribution in [2.24, 2.45) is 4.99 Å². The van der Waals surface area contributed by atoms with Gasteiger partial charge in [0.2, 0.25) is 5.90 Å². The van der Waals surface area contributed by atoms with E-state index in [1.807, 2.05) is 80.6 Å². The molecule has 1 aliphatic rings. The Labute approximate surface area is 200 Å². The highest BCUT2D eigenvalue weighted by Gasteiger charge is 2.24. The van der Waals surface area contributed by atoms with Crippen molar-refractivity contribution in [3.8, 4) is 11.5 Å². The van der Waals surface area contributed by atoms with E-state index in [2.05, 4.69) is 27.6 Å². The van der Waals surface area contributed by atoms with E-state index in [1.54, 1.807) is 6.08 Å². The molecule has 0 aromatic heterocycles. The number of nitrogens with zero attached hydrogens (tertiary/aromatic N) is 1. The van der Waals surface area contributed by atoms with Crippen molar-refractivity contribution in [1.82, 2.24) is 0 Å². The number of carbonyl (C=O) groups is 1. The predicted octanol–water partition coefficient (Wildman–Crippen LogP) is 5.92. The highest BCUT2D eigenvalue weighted by Crippen LogP contribution is 2.36. The van der Waals surface area contributed by atoms with Crippen molar-refractivity contribution in [3.63, 3.8) is 0 Å². The first-order valence-electron chi connectivity index (χ1n) is 10.3. The van der Waals surface area contributed by atoms with Crippen LogP contribution in [0.4, 0.5) is 0 Å². The second-order valence-corrected chi connectivity index (χ2v) is 8.40. The van der Waals surface area contributed by atoms with Crippen molar-refractivity contribution < 1.29 is 19.0 Å². The number of cyclic esters (lactones) is 1. The lowest BCUT2D eigenvalue weighted by atomic mass is 10.1. The molecule has 1 heterocycles. The molecule has 0 N–H and O–H groups in total. The average Bonchev–Trinajstić information content (AvgIpc) is 3.14. The zero-order chi connectivity index (χ0) is 22.5. The molecular weight excluding hydrogens is 517 g/mol. The van der Waals surface area contributed by atoms with Crippen LogP contribution in [0.2, 0.25) is 0 Å². The van der Waals surface area contributed by atoms with Crippen LogP contribution in [-0.2, 0) is 16.1 Å². The molecule has 0 unspecified atom stereocenters. The fourth-order valence-corrected chi connectivity index (χ4v) is 3.97. The van der Waals surface area contributed by atoms with Crippen LogP contribution < -0.4 is 9.47 Å². The molecule has 0 spiro atoms. The quantitative estimate of drug-likeness (QED) is 0.213. The van der Waals surface area contributed by atoms with E-state index in [-0.39, 0.29) is 5.70 Å². The third kappa shape index (κ3) is 5.19. The molecule has 4 rings (SSSR count). The van der Waals surface area contributed by atoms with E-state index in [1.165, 1.54) is 0 Å². The van der Waals surface area contributed by atoms with Gasteiger partial charge in [0.25, 0.3) is 0 Å². The molecule has 0 aliphatic carbocycles. The second-order valence-electron chi connectivity index (χ2n) is 7.24. The minimum absolute atomic E-state index is 0.247. The van der Waals surface area contributed by atoms with Crippen LogP contribution >= 0.6 is 22.6 Å². The van der Waals surface area contributed by atoms with Gasteiger partial charge in [0.1, 0.15) is 6.61 Å². The maximum absolute atomic E-state index is 12.4. The smallest absolute Gasteiger partial charge is 0.363 e. The van der Waals surface area contributed by atoms with Gasteiger partial charge in [-0.2, -0.15) is 0 Å². The topological polar surface area (TPSA) is 57.1 Å². The van der Waals surface area contributed by atoms with Crippen molar-refractivity contribution in [3.05, 3.63) is 98.3 Å². The van der Waals surface area contributed by atoms with Crippen LogP contribution in [-0.4, -0.2) is 18.5 Å². The van der Waals surface area contributed by atoms with Gasteiger partial charge >= 0.3 is 5.97 Å². The molecule has 0 saturated heterocycles. The molecule has 162 valence electrons. The average molecular weight is 539 g/mol. The van der Waals surface area contributed by atoms with Gasteiger partial charge in [-0.1, -0.05) is 48.0 Å². The van der Waals surface area contributed by atoms with Gasteiger partial charge in [0.15, 0.2) is 17.2 Å². The van der Waals surface area contributed by atoms with E-state index in [4.69, 9.17) is 14.2 Å². The zero-order valence-corrected chi connectivity index (χ0v) is 20.0. The monoisotopic (exact) mass is 539 g/mol. The number of hydrogen-bond donors (Lipinski definition) is 0. The molecule has 5 nitrogen and oxygen atoms in total. The maximum atomic E-state index is 12.4. The number of benzene rings is 3. The first-order chi connectivity index (χ1) is 15.5. The van der Waals surface area contributed by atoms with Crippen LogP contribution in [0.15, 0.2) is 77.4 Å². The summed E-state index contributed by atoms with van der Waals surface area (Å²) in [4.78, 5) is 16.8. The number of hydrogen-bond acceptors (Lipinski definition) is 5. The summed E-state index contributed by atoms with van der Waals surface area (Å²) >= 11 is 2.22. The summed E-state index contributed by atoms with van der Waals surface area (Å²) in [5.74, 6) is 1.13. The summed E-state index contributed by atoms with van der Waals surface area (Å²) in [5.41, 5.74) is 4.00. The molecule has 0 amide bonds. The van der Waals surface area contributed by atoms with Crippen molar-refractivity contribution in [2.75, 3.05) is 6.61 Å². The third-order valence-corrected chi connectivity index (χ3v) is 5.58. The first-order valence-corrected chi connectivity index (χ1v) is 11.3. The van der Waals surface area contributed by atoms with Crippen molar-refractivity contribution in [2.45, 2.75) is 20.5 Å². The number of esters is 1. The molecule has 0 fully saturated rings. The molecular formula is C26H22INO4. The summed E-state index contributed by atoms with van der Waals surface area (Å²) in [5, 5.41) is 0. The Hall–Kier alpha value is -3.13. The Balaban J connectivity index is 1.61. The number of aliphatic imine (C=N–C) groups is 1. The maximum Gasteiger partial charge on any atom is 0.363 e. The predicted molar refractivity (Wildman–Crippen MR) is 133 cm³/mol. The summed E-state index contributed by atoms with van der Waals surface area (Å²) in [7, 11) is 0. The number of ether oxygens (including phenoxy) is 3. The lowest BCUT2D eigenvalue weighted by molar-refractivity contribution is -0.129. The largest absolute Gasteiger partial charge is 0.490 e. The van der Waals surface area contributed by atoms with Gasteiger partial charge in [0, 0.05) is 5.56 Å². The van der Waals surface area contributed by atoms with Crippen LogP contribution in [0.3, 0.4) is 0 Å². The van der Waals surface area contributed by atoms with Gasteiger partial charge in [0.05, 0.1) is 10.2 Å². The lowest BCUT2D eigenvalue weighted by Crippen LogP contribution is -2.05. The fraction of sp³-hybridized carbons (Fsp3) is 0.154. The molecule has 3 aromatic carbocycles. The van der Waals surface area contributed by atoms with Gasteiger partial charge < -0.3 is 14.2 Å². The van der Waals surface area contributed by atoms with Crippen molar-refractivity contribution >= 4 is 40.5 Å². The summed E-state index contributed by atoms with van der Waals surface area (Å²) in [6, 6.07) is 21.4. The molecule has 0 bridgehead atoms. The highest BCUT2D eigenvalue weighted by molar-refractivity contribution is 14.1. The van der Waals surface area contributed by atoms with Crippen LogP contribution in [0.25, 0.3) is 6.08 Å². The van der Waals surface area contributed by atoms with Gasteiger partial charge in [-0.25, -0.2) is 9.79 Å². The lowest BCUT2D eigenvalue weighted by Gasteiger charge is -2.15. The van der Waals surface area contributed by atoms with Crippen LogP contribution in [0, 0.1) is 10.5 Å². The Morgan fingerprint density at radius 1 is 1.03 bits per heavy atom. The Bertz CT molecular complexity index is 1180. The van der Waals surface area contributed by atoms with Crippen molar-refractivity contribution in [1.29, 1.82) is 0 Å². The van der Waals surface area contributed by atoms with E-state index in [0.717, 1.165) is 25.8 Å². The van der Waals surface area contributed by atoms with Crippen LogP contribution in [0.1, 0.15) is 29.2 Å². The SMILES string of the molecule is CCOc1cc(/C=C2\N=C(c3ccc(C)cc3)OC2=O)cc(I)c1OCc1ccccc1. The normalized spacial score (nSPS) is 14.3. The Morgan fingerprint density at radius 3 is 2.50 bits per heavy atom.